The van der Waals surface area contributed by atoms with Gasteiger partial charge in [-0.15, -0.1) is 0 Å². The van der Waals surface area contributed by atoms with Gasteiger partial charge in [-0.25, -0.2) is 4.99 Å². The predicted molar refractivity (Wildman–Crippen MR) is 91.2 cm³/mol. The molecule has 2 rings (SSSR count). The van der Waals surface area contributed by atoms with Crippen LogP contribution in [0, 0.1) is 5.92 Å². The molecule has 1 aliphatic heterocycles. The average Bonchev–Trinajstić information content (AvgIpc) is 3.08. The number of likely N-dealkylation sites (N-methyl/N-ethyl adjacent to an activating group) is 1. The molecule has 1 unspecified atom stereocenters. The number of hydrogen-bond acceptors (Lipinski definition) is 3. The van der Waals surface area contributed by atoms with E-state index in [1.165, 1.54) is 0 Å². The molecule has 1 atom stereocenters. The summed E-state index contributed by atoms with van der Waals surface area (Å²) in [4.78, 5) is 17.9. The van der Waals surface area contributed by atoms with Gasteiger partial charge in [0.2, 0.25) is 5.91 Å². The Labute approximate surface area is 137 Å². The van der Waals surface area contributed by atoms with Gasteiger partial charge in [-0.2, -0.15) is 0 Å². The molecule has 0 spiro atoms. The molecule has 126 valence electrons. The van der Waals surface area contributed by atoms with Crippen LogP contribution >= 0.6 is 0 Å². The van der Waals surface area contributed by atoms with Gasteiger partial charge >= 0.3 is 0 Å². The Morgan fingerprint density at radius 1 is 1.30 bits per heavy atom. The molecule has 1 aliphatic rings. The van der Waals surface area contributed by atoms with Crippen LogP contribution in [0.5, 0.6) is 0 Å². The minimum atomic E-state index is 0.0170. The van der Waals surface area contributed by atoms with Crippen molar-refractivity contribution in [2.75, 3.05) is 40.4 Å². The third-order valence-electron chi connectivity index (χ3n) is 3.75. The summed E-state index contributed by atoms with van der Waals surface area (Å²) in [6.07, 6.45) is 1.07. The molecule has 1 aromatic rings. The lowest BCUT2D eigenvalue weighted by Gasteiger charge is -2.16. The van der Waals surface area contributed by atoms with E-state index in [9.17, 15) is 4.79 Å². The smallest absolute Gasteiger partial charge is 0.241 e. The zero-order valence-corrected chi connectivity index (χ0v) is 13.9. The van der Waals surface area contributed by atoms with Gasteiger partial charge in [-0.1, -0.05) is 30.3 Å². The number of amides is 1. The van der Waals surface area contributed by atoms with E-state index in [0.29, 0.717) is 18.4 Å². The first kappa shape index (κ1) is 17.3. The average molecular weight is 318 g/mol. The molecule has 23 heavy (non-hydrogen) atoms. The summed E-state index contributed by atoms with van der Waals surface area (Å²) in [5.74, 6) is 1.18. The zero-order chi connectivity index (χ0) is 16.5. The van der Waals surface area contributed by atoms with Gasteiger partial charge in [0.25, 0.3) is 0 Å². The SMILES string of the molecule is CN(C)C(=O)CNC(=NCc1ccccc1)NCC1CCOC1. The molecule has 0 saturated carbocycles. The topological polar surface area (TPSA) is 66.0 Å². The number of carbonyl (C=O) groups excluding carboxylic acids is 1. The standard InChI is InChI=1S/C17H26N4O2/c1-21(2)16(22)12-20-17(19-11-15-8-9-23-13-15)18-10-14-6-4-3-5-7-14/h3-7,15H,8-13H2,1-2H3,(H2,18,19,20). The first-order valence-electron chi connectivity index (χ1n) is 7.99. The van der Waals surface area contributed by atoms with E-state index in [4.69, 9.17) is 4.74 Å². The fraction of sp³-hybridized carbons (Fsp3) is 0.529. The van der Waals surface area contributed by atoms with Gasteiger partial charge in [-0.05, 0) is 12.0 Å². The summed E-state index contributed by atoms with van der Waals surface area (Å²) < 4.78 is 5.39. The van der Waals surface area contributed by atoms with Crippen LogP contribution in [-0.2, 0) is 16.1 Å². The van der Waals surface area contributed by atoms with E-state index in [0.717, 1.165) is 31.7 Å². The second-order valence-corrected chi connectivity index (χ2v) is 5.90. The first-order chi connectivity index (χ1) is 11.1. The molecule has 6 nitrogen and oxygen atoms in total. The summed E-state index contributed by atoms with van der Waals surface area (Å²) in [7, 11) is 3.49. The summed E-state index contributed by atoms with van der Waals surface area (Å²) in [5, 5.41) is 6.42. The van der Waals surface area contributed by atoms with E-state index in [1.807, 2.05) is 30.3 Å². The molecule has 0 aliphatic carbocycles. The van der Waals surface area contributed by atoms with Crippen LogP contribution in [-0.4, -0.2) is 57.2 Å². The second-order valence-electron chi connectivity index (χ2n) is 5.90. The van der Waals surface area contributed by atoms with Crippen LogP contribution < -0.4 is 10.6 Å². The molecule has 0 aromatic heterocycles. The molecule has 1 saturated heterocycles. The maximum atomic E-state index is 11.7. The molecule has 1 heterocycles. The summed E-state index contributed by atoms with van der Waals surface area (Å²) in [5.41, 5.74) is 1.14. The van der Waals surface area contributed by atoms with Gasteiger partial charge in [0.15, 0.2) is 5.96 Å². The molecule has 1 fully saturated rings. The number of rotatable bonds is 6. The number of hydrogen-bond donors (Lipinski definition) is 2. The van der Waals surface area contributed by atoms with Crippen molar-refractivity contribution in [2.24, 2.45) is 10.9 Å². The molecule has 1 amide bonds. The van der Waals surface area contributed by atoms with Gasteiger partial charge in [0.05, 0.1) is 19.7 Å². The normalized spacial score (nSPS) is 17.8. The third kappa shape index (κ3) is 6.28. The van der Waals surface area contributed by atoms with Crippen molar-refractivity contribution in [3.05, 3.63) is 35.9 Å². The molecule has 0 radical (unpaired) electrons. The van der Waals surface area contributed by atoms with Gasteiger partial charge in [0.1, 0.15) is 0 Å². The molecule has 6 heteroatoms. The second kappa shape index (κ2) is 9.15. The number of nitrogens with one attached hydrogen (secondary N) is 2. The molecule has 1 aromatic carbocycles. The maximum Gasteiger partial charge on any atom is 0.241 e. The maximum absolute atomic E-state index is 11.7. The number of nitrogens with zero attached hydrogens (tertiary/aromatic N) is 2. The van der Waals surface area contributed by atoms with Gasteiger partial charge < -0.3 is 20.3 Å². The Morgan fingerprint density at radius 3 is 2.74 bits per heavy atom. The Kier molecular flexibility index (Phi) is 6.87. The van der Waals surface area contributed by atoms with Gasteiger partial charge in [-0.3, -0.25) is 4.79 Å². The molecule has 0 bridgehead atoms. The van der Waals surface area contributed by atoms with Crippen LogP contribution in [0.2, 0.25) is 0 Å². The van der Waals surface area contributed by atoms with Crippen molar-refractivity contribution in [1.29, 1.82) is 0 Å². The number of carbonyl (C=O) groups is 1. The van der Waals surface area contributed by atoms with Crippen molar-refractivity contribution in [3.8, 4) is 0 Å². The van der Waals surface area contributed by atoms with Crippen LogP contribution in [0.1, 0.15) is 12.0 Å². The zero-order valence-electron chi connectivity index (χ0n) is 13.9. The predicted octanol–water partition coefficient (Wildman–Crippen LogP) is 0.847. The number of guanidine groups is 1. The van der Waals surface area contributed by atoms with E-state index >= 15 is 0 Å². The van der Waals surface area contributed by atoms with Crippen LogP contribution in [0.15, 0.2) is 35.3 Å². The van der Waals surface area contributed by atoms with Crippen LogP contribution in [0.25, 0.3) is 0 Å². The van der Waals surface area contributed by atoms with Crippen molar-refractivity contribution in [1.82, 2.24) is 15.5 Å². The largest absolute Gasteiger partial charge is 0.381 e. The lowest BCUT2D eigenvalue weighted by atomic mass is 10.1. The van der Waals surface area contributed by atoms with Crippen LogP contribution in [0.3, 0.4) is 0 Å². The summed E-state index contributed by atoms with van der Waals surface area (Å²) in [6.45, 7) is 3.23. The highest BCUT2D eigenvalue weighted by molar-refractivity contribution is 5.86. The minimum Gasteiger partial charge on any atom is -0.381 e. The van der Waals surface area contributed by atoms with Crippen molar-refractivity contribution >= 4 is 11.9 Å². The summed E-state index contributed by atoms with van der Waals surface area (Å²) in [6, 6.07) is 10.1. The number of benzene rings is 1. The number of ether oxygens (including phenoxy) is 1. The lowest BCUT2D eigenvalue weighted by molar-refractivity contribution is -0.127. The van der Waals surface area contributed by atoms with Gasteiger partial charge in [0, 0.05) is 33.2 Å². The first-order valence-corrected chi connectivity index (χ1v) is 7.99. The highest BCUT2D eigenvalue weighted by Gasteiger charge is 2.16. The molecule has 2 N–H and O–H groups in total. The quantitative estimate of drug-likeness (QED) is 0.603. The Balaban J connectivity index is 1.90. The van der Waals surface area contributed by atoms with Crippen molar-refractivity contribution < 1.29 is 9.53 Å². The Bertz CT molecular complexity index is 511. The Hall–Kier alpha value is -2.08. The van der Waals surface area contributed by atoms with Crippen LogP contribution in [0.4, 0.5) is 0 Å². The summed E-state index contributed by atoms with van der Waals surface area (Å²) >= 11 is 0. The van der Waals surface area contributed by atoms with E-state index in [-0.39, 0.29) is 12.5 Å². The van der Waals surface area contributed by atoms with E-state index in [1.54, 1.807) is 19.0 Å². The fourth-order valence-electron chi connectivity index (χ4n) is 2.23. The molecular weight excluding hydrogens is 292 g/mol. The third-order valence-corrected chi connectivity index (χ3v) is 3.75. The van der Waals surface area contributed by atoms with Crippen molar-refractivity contribution in [3.63, 3.8) is 0 Å². The highest BCUT2D eigenvalue weighted by atomic mass is 16.5. The Morgan fingerprint density at radius 2 is 2.09 bits per heavy atom. The highest BCUT2D eigenvalue weighted by Crippen LogP contribution is 2.10. The van der Waals surface area contributed by atoms with Crippen molar-refractivity contribution in [2.45, 2.75) is 13.0 Å². The van der Waals surface area contributed by atoms with E-state index in [2.05, 4.69) is 15.6 Å². The monoisotopic (exact) mass is 318 g/mol. The lowest BCUT2D eigenvalue weighted by Crippen LogP contribution is -2.44. The minimum absolute atomic E-state index is 0.0170. The molecular formula is C17H26N4O2. The van der Waals surface area contributed by atoms with E-state index < -0.39 is 0 Å². The fourth-order valence-corrected chi connectivity index (χ4v) is 2.23. The number of aliphatic imine (C=N–C) groups is 1.